The van der Waals surface area contributed by atoms with E-state index in [1.54, 1.807) is 0 Å². The fraction of sp³-hybridized carbons (Fsp3) is 0.971. The van der Waals surface area contributed by atoms with Crippen molar-refractivity contribution < 1.29 is 24.5 Å². The first kappa shape index (κ1) is 39.4. The Hall–Kier alpha value is -0.650. The van der Waals surface area contributed by atoms with Crippen molar-refractivity contribution in [2.45, 2.75) is 206 Å². The smallest absolute Gasteiger partial charge is 0.306 e. The molecule has 0 aromatic heterocycles. The van der Waals surface area contributed by atoms with Crippen LogP contribution in [-0.4, -0.2) is 47.7 Å². The molecule has 5 nitrogen and oxygen atoms in total. The summed E-state index contributed by atoms with van der Waals surface area (Å²) in [6, 6.07) is 0. The minimum Gasteiger partial charge on any atom is -0.462 e. The Morgan fingerprint density at radius 2 is 0.925 bits per heavy atom. The van der Waals surface area contributed by atoms with E-state index in [1.807, 2.05) is 0 Å². The van der Waals surface area contributed by atoms with Crippen LogP contribution in [0.25, 0.3) is 0 Å². The summed E-state index contributed by atoms with van der Waals surface area (Å²) in [5.41, 5.74) is 0. The number of rotatable bonds is 32. The van der Waals surface area contributed by atoms with Gasteiger partial charge < -0.3 is 19.7 Å². The van der Waals surface area contributed by atoms with Crippen LogP contribution in [0.4, 0.5) is 0 Å². The van der Waals surface area contributed by atoms with Gasteiger partial charge in [0.1, 0.15) is 12.2 Å². The Balaban J connectivity index is 4.55. The predicted molar refractivity (Wildman–Crippen MR) is 170 cm³/mol. The molecule has 0 aliphatic rings. The highest BCUT2D eigenvalue weighted by Gasteiger charge is 2.18. The maximum Gasteiger partial charge on any atom is 0.306 e. The Bertz CT molecular complexity index is 512. The van der Waals surface area contributed by atoms with Crippen LogP contribution < -0.4 is 0 Å². The molecule has 240 valence electrons. The zero-order valence-electron chi connectivity index (χ0n) is 27.2. The van der Waals surface area contributed by atoms with Gasteiger partial charge in [-0.25, -0.2) is 0 Å². The molecule has 0 bridgehead atoms. The van der Waals surface area contributed by atoms with Crippen molar-refractivity contribution in [2.24, 2.45) is 0 Å². The quantitative estimate of drug-likeness (QED) is 0.0622. The second-order valence-corrected chi connectivity index (χ2v) is 12.2. The minimum atomic E-state index is -0.864. The van der Waals surface area contributed by atoms with Crippen LogP contribution in [0.2, 0.25) is 0 Å². The molecule has 0 radical (unpaired) electrons. The first-order chi connectivity index (χ1) is 19.6. The summed E-state index contributed by atoms with van der Waals surface area (Å²) in [7, 11) is 0. The van der Waals surface area contributed by atoms with Gasteiger partial charge in [-0.15, -0.1) is 0 Å². The van der Waals surface area contributed by atoms with E-state index >= 15 is 0 Å². The van der Waals surface area contributed by atoms with E-state index in [1.165, 1.54) is 116 Å². The average Bonchev–Trinajstić information content (AvgIpc) is 2.96. The summed E-state index contributed by atoms with van der Waals surface area (Å²) >= 11 is 0. The lowest BCUT2D eigenvalue weighted by Gasteiger charge is -2.21. The molecule has 3 atom stereocenters. The normalized spacial score (nSPS) is 13.8. The molecular formula is C35H70O5. The van der Waals surface area contributed by atoms with Crippen LogP contribution in [0.1, 0.15) is 188 Å². The third kappa shape index (κ3) is 27.5. The number of carbonyl (C=O) groups is 1. The van der Waals surface area contributed by atoms with Crippen molar-refractivity contribution in [3.05, 3.63) is 0 Å². The Morgan fingerprint density at radius 3 is 1.32 bits per heavy atom. The number of unbranched alkanes of at least 4 members (excludes halogenated alkanes) is 18. The average molecular weight is 571 g/mol. The molecule has 0 saturated heterocycles. The van der Waals surface area contributed by atoms with E-state index in [2.05, 4.69) is 20.8 Å². The number of carbonyl (C=O) groups excluding carboxylic acids is 1. The van der Waals surface area contributed by atoms with E-state index in [9.17, 15) is 9.90 Å². The molecule has 0 rings (SSSR count). The van der Waals surface area contributed by atoms with Crippen LogP contribution in [-0.2, 0) is 14.3 Å². The van der Waals surface area contributed by atoms with Gasteiger partial charge in [-0.05, 0) is 38.5 Å². The van der Waals surface area contributed by atoms with Crippen LogP contribution in [0.15, 0.2) is 0 Å². The number of aliphatic hydroxyl groups excluding tert-OH is 2. The summed E-state index contributed by atoms with van der Waals surface area (Å²) in [4.78, 5) is 12.9. The minimum absolute atomic E-state index is 0.0392. The van der Waals surface area contributed by atoms with Gasteiger partial charge in [0.2, 0.25) is 0 Å². The SMILES string of the molecule is CCCCCCCCCCCC(CCCCCCCC)OC(=O)CCC(CCCCCCCC)OCC(O)CO. The molecule has 0 spiro atoms. The monoisotopic (exact) mass is 571 g/mol. The van der Waals surface area contributed by atoms with Gasteiger partial charge in [0, 0.05) is 6.42 Å². The first-order valence-corrected chi connectivity index (χ1v) is 17.7. The molecule has 0 amide bonds. The number of hydrogen-bond acceptors (Lipinski definition) is 5. The Labute approximate surface area is 249 Å². The third-order valence-corrected chi connectivity index (χ3v) is 8.09. The van der Waals surface area contributed by atoms with E-state index in [0.29, 0.717) is 12.8 Å². The van der Waals surface area contributed by atoms with E-state index in [0.717, 1.165) is 38.5 Å². The third-order valence-electron chi connectivity index (χ3n) is 8.09. The highest BCUT2D eigenvalue weighted by Crippen LogP contribution is 2.20. The molecule has 0 aliphatic heterocycles. The van der Waals surface area contributed by atoms with E-state index in [-0.39, 0.29) is 31.4 Å². The molecule has 0 aromatic rings. The zero-order chi connectivity index (χ0) is 29.5. The molecule has 3 unspecified atom stereocenters. The lowest BCUT2D eigenvalue weighted by Crippen LogP contribution is -2.26. The van der Waals surface area contributed by atoms with Crippen molar-refractivity contribution in [3.8, 4) is 0 Å². The molecule has 5 heteroatoms. The van der Waals surface area contributed by atoms with E-state index < -0.39 is 6.10 Å². The molecule has 0 fully saturated rings. The lowest BCUT2D eigenvalue weighted by molar-refractivity contribution is -0.151. The largest absolute Gasteiger partial charge is 0.462 e. The molecule has 0 aromatic carbocycles. The fourth-order valence-electron chi connectivity index (χ4n) is 5.38. The Kier molecular flexibility index (Phi) is 30.8. The van der Waals surface area contributed by atoms with Crippen molar-refractivity contribution >= 4 is 5.97 Å². The summed E-state index contributed by atoms with van der Waals surface area (Å²) in [6.45, 7) is 6.56. The summed E-state index contributed by atoms with van der Waals surface area (Å²) in [5, 5.41) is 18.9. The number of aliphatic hydroxyl groups is 2. The predicted octanol–water partition coefficient (Wildman–Crippen LogP) is 9.84. The lowest BCUT2D eigenvalue weighted by atomic mass is 10.0. The fourth-order valence-corrected chi connectivity index (χ4v) is 5.38. The van der Waals surface area contributed by atoms with Gasteiger partial charge in [-0.3, -0.25) is 4.79 Å². The van der Waals surface area contributed by atoms with Gasteiger partial charge in [-0.1, -0.05) is 143 Å². The van der Waals surface area contributed by atoms with Crippen LogP contribution >= 0.6 is 0 Å². The van der Waals surface area contributed by atoms with Gasteiger partial charge in [0.15, 0.2) is 0 Å². The maximum absolute atomic E-state index is 12.9. The zero-order valence-corrected chi connectivity index (χ0v) is 27.2. The van der Waals surface area contributed by atoms with Gasteiger partial charge in [-0.2, -0.15) is 0 Å². The van der Waals surface area contributed by atoms with Gasteiger partial charge in [0.25, 0.3) is 0 Å². The molecule has 0 heterocycles. The highest BCUT2D eigenvalue weighted by atomic mass is 16.5. The highest BCUT2D eigenvalue weighted by molar-refractivity contribution is 5.69. The summed E-state index contributed by atoms with van der Waals surface area (Å²) < 4.78 is 11.9. The topological polar surface area (TPSA) is 76.0 Å². The summed E-state index contributed by atoms with van der Waals surface area (Å²) in [5.74, 6) is -0.105. The van der Waals surface area contributed by atoms with Crippen molar-refractivity contribution in [2.75, 3.05) is 13.2 Å². The molecular weight excluding hydrogens is 500 g/mol. The first-order valence-electron chi connectivity index (χ1n) is 17.7. The number of esters is 1. The summed E-state index contributed by atoms with van der Waals surface area (Å²) in [6.07, 6.45) is 29.5. The van der Waals surface area contributed by atoms with Crippen LogP contribution in [0.3, 0.4) is 0 Å². The van der Waals surface area contributed by atoms with Crippen molar-refractivity contribution in [1.82, 2.24) is 0 Å². The Morgan fingerprint density at radius 1 is 0.550 bits per heavy atom. The van der Waals surface area contributed by atoms with Crippen LogP contribution in [0.5, 0.6) is 0 Å². The maximum atomic E-state index is 12.9. The number of ether oxygens (including phenoxy) is 2. The van der Waals surface area contributed by atoms with Crippen molar-refractivity contribution in [3.63, 3.8) is 0 Å². The standard InChI is InChI=1S/C35H70O5/c1-4-7-10-13-16-17-18-21-24-27-34(26-23-20-15-12-9-6-3)40-35(38)29-28-33(39-31-32(37)30-36)25-22-19-14-11-8-5-2/h32-34,36-37H,4-31H2,1-3H3. The van der Waals surface area contributed by atoms with E-state index in [4.69, 9.17) is 14.6 Å². The molecule has 0 aliphatic carbocycles. The molecule has 2 N–H and O–H groups in total. The molecule has 0 saturated carbocycles. The van der Waals surface area contributed by atoms with Gasteiger partial charge >= 0.3 is 5.97 Å². The molecule has 40 heavy (non-hydrogen) atoms. The number of hydrogen-bond donors (Lipinski definition) is 2. The van der Waals surface area contributed by atoms with Crippen molar-refractivity contribution in [1.29, 1.82) is 0 Å². The second kappa shape index (κ2) is 31.3. The second-order valence-electron chi connectivity index (χ2n) is 12.2. The van der Waals surface area contributed by atoms with Crippen LogP contribution in [0, 0.1) is 0 Å². The van der Waals surface area contributed by atoms with Gasteiger partial charge in [0.05, 0.1) is 19.3 Å².